The molecule has 1 aliphatic carbocycles. The summed E-state index contributed by atoms with van der Waals surface area (Å²) >= 11 is 0. The van der Waals surface area contributed by atoms with Gasteiger partial charge in [-0.25, -0.2) is 8.42 Å². The summed E-state index contributed by atoms with van der Waals surface area (Å²) in [6, 6.07) is 5.13. The van der Waals surface area contributed by atoms with Crippen LogP contribution in [0.2, 0.25) is 0 Å². The quantitative estimate of drug-likeness (QED) is 0.717. The maximum absolute atomic E-state index is 12.8. The molecule has 1 aromatic carbocycles. The van der Waals surface area contributed by atoms with Crippen LogP contribution in [0.25, 0.3) is 0 Å². The van der Waals surface area contributed by atoms with E-state index in [1.165, 1.54) is 13.5 Å². The van der Waals surface area contributed by atoms with Gasteiger partial charge in [-0.1, -0.05) is 31.2 Å². The summed E-state index contributed by atoms with van der Waals surface area (Å²) in [7, 11) is -2.28. The van der Waals surface area contributed by atoms with E-state index in [-0.39, 0.29) is 29.9 Å². The van der Waals surface area contributed by atoms with E-state index in [1.54, 1.807) is 23.1 Å². The van der Waals surface area contributed by atoms with Crippen LogP contribution in [0.15, 0.2) is 23.1 Å². The number of carbonyl (C=O) groups is 1. The van der Waals surface area contributed by atoms with Crippen molar-refractivity contribution in [1.82, 2.24) is 9.21 Å². The van der Waals surface area contributed by atoms with Crippen molar-refractivity contribution in [2.75, 3.05) is 20.1 Å². The van der Waals surface area contributed by atoms with E-state index in [9.17, 15) is 13.2 Å². The molecule has 0 unspecified atom stereocenters. The van der Waals surface area contributed by atoms with Gasteiger partial charge in [-0.05, 0) is 49.9 Å². The van der Waals surface area contributed by atoms with Crippen LogP contribution in [0, 0.1) is 26.2 Å². The number of carbonyl (C=O) groups excluding carboxylic acids is 1. The first-order valence-corrected chi connectivity index (χ1v) is 10.5. The SMILES string of the molecule is C#CCN(C(=O)CN(C)S(=O)(=O)c1ccc(C)c(C)c1)C1CCCCC1. The maximum Gasteiger partial charge on any atom is 0.243 e. The number of hydrogen-bond acceptors (Lipinski definition) is 3. The lowest BCUT2D eigenvalue weighted by molar-refractivity contribution is -0.133. The molecule has 142 valence electrons. The van der Waals surface area contributed by atoms with Crippen molar-refractivity contribution < 1.29 is 13.2 Å². The van der Waals surface area contributed by atoms with Crippen molar-refractivity contribution in [2.24, 2.45) is 0 Å². The van der Waals surface area contributed by atoms with Crippen molar-refractivity contribution in [3.05, 3.63) is 29.3 Å². The Hall–Kier alpha value is -1.84. The zero-order valence-corrected chi connectivity index (χ0v) is 16.7. The topological polar surface area (TPSA) is 57.7 Å². The van der Waals surface area contributed by atoms with Crippen molar-refractivity contribution in [1.29, 1.82) is 0 Å². The smallest absolute Gasteiger partial charge is 0.243 e. The van der Waals surface area contributed by atoms with Crippen LogP contribution in [-0.4, -0.2) is 49.7 Å². The highest BCUT2D eigenvalue weighted by Gasteiger charge is 2.29. The maximum atomic E-state index is 12.8. The van der Waals surface area contributed by atoms with Gasteiger partial charge in [0.2, 0.25) is 15.9 Å². The van der Waals surface area contributed by atoms with Gasteiger partial charge in [0.05, 0.1) is 18.0 Å². The molecular formula is C20H28N2O3S. The molecule has 0 saturated heterocycles. The van der Waals surface area contributed by atoms with Crippen LogP contribution in [0.5, 0.6) is 0 Å². The Morgan fingerprint density at radius 3 is 2.42 bits per heavy atom. The largest absolute Gasteiger partial charge is 0.327 e. The van der Waals surface area contributed by atoms with Crippen LogP contribution < -0.4 is 0 Å². The molecule has 0 spiro atoms. The van der Waals surface area contributed by atoms with Gasteiger partial charge >= 0.3 is 0 Å². The number of amides is 1. The fraction of sp³-hybridized carbons (Fsp3) is 0.550. The molecule has 1 aliphatic rings. The van der Waals surface area contributed by atoms with E-state index in [1.807, 2.05) is 13.8 Å². The van der Waals surface area contributed by atoms with Crippen LogP contribution >= 0.6 is 0 Å². The molecule has 0 radical (unpaired) electrons. The molecule has 1 amide bonds. The highest BCUT2D eigenvalue weighted by Crippen LogP contribution is 2.23. The Morgan fingerprint density at radius 2 is 1.85 bits per heavy atom. The first-order valence-electron chi connectivity index (χ1n) is 9.04. The van der Waals surface area contributed by atoms with E-state index in [0.29, 0.717) is 0 Å². The van der Waals surface area contributed by atoms with Crippen LogP contribution in [0.1, 0.15) is 43.2 Å². The number of nitrogens with zero attached hydrogens (tertiary/aromatic N) is 2. The lowest BCUT2D eigenvalue weighted by atomic mass is 9.94. The van der Waals surface area contributed by atoms with E-state index in [2.05, 4.69) is 5.92 Å². The molecule has 0 atom stereocenters. The molecule has 1 aromatic rings. The first-order chi connectivity index (χ1) is 12.3. The number of rotatable bonds is 6. The minimum absolute atomic E-state index is 0.116. The highest BCUT2D eigenvalue weighted by atomic mass is 32.2. The second-order valence-corrected chi connectivity index (χ2v) is 9.07. The summed E-state index contributed by atoms with van der Waals surface area (Å²) in [5, 5.41) is 0. The number of sulfonamides is 1. The zero-order chi connectivity index (χ0) is 19.3. The fourth-order valence-corrected chi connectivity index (χ4v) is 4.54. The van der Waals surface area contributed by atoms with E-state index in [0.717, 1.165) is 41.1 Å². The number of benzene rings is 1. The third kappa shape index (κ3) is 4.66. The molecule has 0 N–H and O–H groups in total. The summed E-state index contributed by atoms with van der Waals surface area (Å²) in [6.07, 6.45) is 10.6. The molecule has 2 rings (SSSR count). The van der Waals surface area contributed by atoms with Gasteiger partial charge in [-0.3, -0.25) is 4.79 Å². The first kappa shape index (κ1) is 20.5. The molecule has 6 heteroatoms. The monoisotopic (exact) mass is 376 g/mol. The van der Waals surface area contributed by atoms with Gasteiger partial charge in [0, 0.05) is 13.1 Å². The lowest BCUT2D eigenvalue weighted by Gasteiger charge is -2.34. The normalized spacial score (nSPS) is 15.7. The molecule has 1 fully saturated rings. The van der Waals surface area contributed by atoms with E-state index < -0.39 is 10.0 Å². The minimum atomic E-state index is -3.72. The number of hydrogen-bond donors (Lipinski definition) is 0. The van der Waals surface area contributed by atoms with Gasteiger partial charge in [-0.15, -0.1) is 6.42 Å². The number of aryl methyl sites for hydroxylation is 2. The van der Waals surface area contributed by atoms with Crippen molar-refractivity contribution in [3.63, 3.8) is 0 Å². The predicted octanol–water partition coefficient (Wildman–Crippen LogP) is 2.72. The lowest BCUT2D eigenvalue weighted by Crippen LogP contribution is -2.46. The van der Waals surface area contributed by atoms with Crippen molar-refractivity contribution in [3.8, 4) is 12.3 Å². The molecule has 0 aliphatic heterocycles. The van der Waals surface area contributed by atoms with Gasteiger partial charge in [0.15, 0.2) is 0 Å². The molecular weight excluding hydrogens is 348 g/mol. The molecule has 5 nitrogen and oxygen atoms in total. The number of likely N-dealkylation sites (N-methyl/N-ethyl adjacent to an activating group) is 1. The van der Waals surface area contributed by atoms with Crippen LogP contribution in [0.3, 0.4) is 0 Å². The fourth-order valence-electron chi connectivity index (χ4n) is 3.33. The summed E-state index contributed by atoms with van der Waals surface area (Å²) < 4.78 is 26.7. The summed E-state index contributed by atoms with van der Waals surface area (Å²) in [5.74, 6) is 2.31. The Kier molecular flexibility index (Phi) is 6.85. The molecule has 1 saturated carbocycles. The molecule has 0 heterocycles. The minimum Gasteiger partial charge on any atom is -0.327 e. The average Bonchev–Trinajstić information content (AvgIpc) is 2.62. The van der Waals surface area contributed by atoms with Crippen LogP contribution in [-0.2, 0) is 14.8 Å². The second-order valence-electron chi connectivity index (χ2n) is 7.02. The Bertz CT molecular complexity index is 790. The van der Waals surface area contributed by atoms with Crippen molar-refractivity contribution in [2.45, 2.75) is 56.9 Å². The predicted molar refractivity (Wildman–Crippen MR) is 103 cm³/mol. The average molecular weight is 377 g/mol. The Morgan fingerprint density at radius 1 is 1.19 bits per heavy atom. The molecule has 0 aromatic heterocycles. The summed E-state index contributed by atoms with van der Waals surface area (Å²) in [6.45, 7) is 3.83. The Balaban J connectivity index is 2.14. The molecule has 0 bridgehead atoms. The number of terminal acetylenes is 1. The highest BCUT2D eigenvalue weighted by molar-refractivity contribution is 7.89. The van der Waals surface area contributed by atoms with Gasteiger partial charge < -0.3 is 4.90 Å². The Labute approximate surface area is 157 Å². The van der Waals surface area contributed by atoms with E-state index >= 15 is 0 Å². The van der Waals surface area contributed by atoms with E-state index in [4.69, 9.17) is 6.42 Å². The third-order valence-electron chi connectivity index (χ3n) is 5.14. The second kappa shape index (κ2) is 8.70. The molecule has 26 heavy (non-hydrogen) atoms. The summed E-state index contributed by atoms with van der Waals surface area (Å²) in [5.41, 5.74) is 1.93. The standard InChI is InChI=1S/C20H28N2O3S/c1-5-13-22(18-9-7-6-8-10-18)20(23)15-21(4)26(24,25)19-12-11-16(2)17(3)14-19/h1,11-12,14,18H,6-10,13,15H2,2-4H3. The zero-order valence-electron chi connectivity index (χ0n) is 15.9. The third-order valence-corrected chi connectivity index (χ3v) is 6.94. The van der Waals surface area contributed by atoms with Gasteiger partial charge in [-0.2, -0.15) is 4.31 Å². The van der Waals surface area contributed by atoms with Gasteiger partial charge in [0.25, 0.3) is 0 Å². The van der Waals surface area contributed by atoms with Crippen LogP contribution in [0.4, 0.5) is 0 Å². The van der Waals surface area contributed by atoms with Gasteiger partial charge in [0.1, 0.15) is 0 Å². The van der Waals surface area contributed by atoms with Crippen molar-refractivity contribution >= 4 is 15.9 Å². The summed E-state index contributed by atoms with van der Waals surface area (Å²) in [4.78, 5) is 14.6.